The van der Waals surface area contributed by atoms with Gasteiger partial charge in [0.1, 0.15) is 5.75 Å². The monoisotopic (exact) mass is 320 g/mol. The van der Waals surface area contributed by atoms with Crippen molar-refractivity contribution in [3.8, 4) is 5.75 Å². The highest BCUT2D eigenvalue weighted by Crippen LogP contribution is 2.37. The van der Waals surface area contributed by atoms with E-state index in [1.807, 2.05) is 11.1 Å². The summed E-state index contributed by atoms with van der Waals surface area (Å²) in [6.45, 7) is 0. The fourth-order valence-corrected chi connectivity index (χ4v) is 2.47. The fourth-order valence-electron chi connectivity index (χ4n) is 2.07. The summed E-state index contributed by atoms with van der Waals surface area (Å²) in [5.74, 6) is 0.818. The molecule has 1 aromatic rings. The lowest BCUT2D eigenvalue weighted by Gasteiger charge is -2.27. The molecule has 0 saturated heterocycles. The van der Waals surface area contributed by atoms with Crippen LogP contribution in [0, 0.1) is 0 Å². The number of hydrazone groups is 1. The molecule has 2 heterocycles. The number of hydrogen-bond donors (Lipinski definition) is 3. The summed E-state index contributed by atoms with van der Waals surface area (Å²) < 4.78 is 15.3. The number of allylic oxidation sites excluding steroid dienone is 1. The summed E-state index contributed by atoms with van der Waals surface area (Å²) in [5.41, 5.74) is 4.64. The van der Waals surface area contributed by atoms with Gasteiger partial charge in [-0.3, -0.25) is 25.1 Å². The second-order valence-electron chi connectivity index (χ2n) is 4.59. The molecule has 0 amide bonds. The molecule has 0 radical (unpaired) electrons. The second-order valence-corrected chi connectivity index (χ2v) is 5.75. The van der Waals surface area contributed by atoms with E-state index in [0.717, 1.165) is 11.3 Å². The van der Waals surface area contributed by atoms with E-state index >= 15 is 0 Å². The average molecular weight is 320 g/mol. The third-order valence-electron chi connectivity index (χ3n) is 2.98. The lowest BCUT2D eigenvalue weighted by molar-refractivity contribution is 0.283. The van der Waals surface area contributed by atoms with Gasteiger partial charge in [0.15, 0.2) is 5.84 Å². The summed E-state index contributed by atoms with van der Waals surface area (Å²) in [5, 5.41) is 4.11. The molecule has 0 spiro atoms. The normalized spacial score (nSPS) is 16.5. The standard InChI is InChI=1S/C13H13N4O4P/c18-22(19,20)21-12-3-1-10(2-4-12)7-11-8-14-9-13-16-15-5-6-17(11)13/h1-6,8-9,15H,7H2,(H2,18,19,20). The van der Waals surface area contributed by atoms with Crippen LogP contribution < -0.4 is 9.95 Å². The van der Waals surface area contributed by atoms with Gasteiger partial charge in [0.05, 0.1) is 6.21 Å². The number of rotatable bonds is 4. The molecule has 0 aromatic heterocycles. The number of phosphoric ester groups is 1. The van der Waals surface area contributed by atoms with Crippen LogP contribution in [0.25, 0.3) is 0 Å². The predicted molar refractivity (Wildman–Crippen MR) is 80.9 cm³/mol. The Morgan fingerprint density at radius 3 is 2.77 bits per heavy atom. The maximum absolute atomic E-state index is 10.8. The summed E-state index contributed by atoms with van der Waals surface area (Å²) in [6, 6.07) is 6.52. The molecule has 0 atom stereocenters. The predicted octanol–water partition coefficient (Wildman–Crippen LogP) is 1.32. The van der Waals surface area contributed by atoms with E-state index < -0.39 is 7.82 Å². The molecule has 0 saturated carbocycles. The zero-order chi connectivity index (χ0) is 15.6. The SMILES string of the molecule is O=P(O)(O)Oc1ccc(CC2=CN=CC3=NNC=CN23)cc1. The molecule has 114 valence electrons. The third kappa shape index (κ3) is 3.43. The van der Waals surface area contributed by atoms with Gasteiger partial charge < -0.3 is 4.52 Å². The van der Waals surface area contributed by atoms with Crippen LogP contribution in [0.3, 0.4) is 0 Å². The number of benzene rings is 1. The molecule has 3 rings (SSSR count). The van der Waals surface area contributed by atoms with Gasteiger partial charge >= 0.3 is 7.82 Å². The lowest BCUT2D eigenvalue weighted by Crippen LogP contribution is -2.33. The lowest BCUT2D eigenvalue weighted by atomic mass is 10.1. The molecule has 22 heavy (non-hydrogen) atoms. The van der Waals surface area contributed by atoms with Crippen LogP contribution in [0.15, 0.2) is 58.7 Å². The zero-order valence-corrected chi connectivity index (χ0v) is 12.2. The van der Waals surface area contributed by atoms with E-state index in [4.69, 9.17) is 9.79 Å². The van der Waals surface area contributed by atoms with E-state index in [9.17, 15) is 4.57 Å². The number of nitrogens with one attached hydrogen (secondary N) is 1. The van der Waals surface area contributed by atoms with Crippen LogP contribution in [0.2, 0.25) is 0 Å². The minimum atomic E-state index is -4.53. The maximum atomic E-state index is 10.8. The number of amidine groups is 1. The van der Waals surface area contributed by atoms with Crippen LogP contribution >= 0.6 is 7.82 Å². The highest BCUT2D eigenvalue weighted by Gasteiger charge is 2.19. The number of aliphatic imine (C=N–C) groups is 1. The molecular formula is C13H13N4O4P. The Bertz CT molecular complexity index is 733. The third-order valence-corrected chi connectivity index (χ3v) is 3.43. The minimum absolute atomic E-state index is 0.122. The van der Waals surface area contributed by atoms with Crippen molar-refractivity contribution in [2.24, 2.45) is 10.1 Å². The highest BCUT2D eigenvalue weighted by molar-refractivity contribution is 7.46. The minimum Gasteiger partial charge on any atom is -0.404 e. The van der Waals surface area contributed by atoms with Crippen LogP contribution in [0.4, 0.5) is 0 Å². The van der Waals surface area contributed by atoms with Crippen molar-refractivity contribution < 1.29 is 18.9 Å². The maximum Gasteiger partial charge on any atom is 0.524 e. The van der Waals surface area contributed by atoms with Crippen molar-refractivity contribution in [3.63, 3.8) is 0 Å². The van der Waals surface area contributed by atoms with Gasteiger partial charge in [0.25, 0.3) is 0 Å². The summed E-state index contributed by atoms with van der Waals surface area (Å²) in [4.78, 5) is 23.6. The largest absolute Gasteiger partial charge is 0.524 e. The first kappa shape index (κ1) is 14.5. The van der Waals surface area contributed by atoms with Crippen LogP contribution in [0.5, 0.6) is 5.75 Å². The molecule has 2 aliphatic rings. The molecule has 0 unspecified atom stereocenters. The quantitative estimate of drug-likeness (QED) is 0.722. The summed E-state index contributed by atoms with van der Waals surface area (Å²) in [6.07, 6.45) is 7.56. The van der Waals surface area contributed by atoms with E-state index in [0.29, 0.717) is 12.3 Å². The summed E-state index contributed by atoms with van der Waals surface area (Å²) >= 11 is 0. The molecule has 0 aliphatic carbocycles. The molecule has 1 aromatic carbocycles. The van der Waals surface area contributed by atoms with Gasteiger partial charge in [-0.15, -0.1) is 0 Å². The molecule has 8 nitrogen and oxygen atoms in total. The van der Waals surface area contributed by atoms with Crippen LogP contribution in [-0.2, 0) is 11.0 Å². The van der Waals surface area contributed by atoms with Crippen molar-refractivity contribution in [2.75, 3.05) is 0 Å². The Labute approximate surface area is 126 Å². The Balaban J connectivity index is 1.73. The first-order valence-corrected chi connectivity index (χ1v) is 7.90. The van der Waals surface area contributed by atoms with Crippen LogP contribution in [0.1, 0.15) is 5.56 Å². The molecule has 9 heteroatoms. The first-order valence-electron chi connectivity index (χ1n) is 6.37. The van der Waals surface area contributed by atoms with E-state index in [2.05, 4.69) is 20.0 Å². The van der Waals surface area contributed by atoms with Crippen molar-refractivity contribution in [2.45, 2.75) is 6.42 Å². The highest BCUT2D eigenvalue weighted by atomic mass is 31.2. The second kappa shape index (κ2) is 5.76. The Kier molecular flexibility index (Phi) is 3.81. The molecular weight excluding hydrogens is 307 g/mol. The van der Waals surface area contributed by atoms with E-state index in [-0.39, 0.29) is 5.75 Å². The first-order chi connectivity index (χ1) is 10.5. The van der Waals surface area contributed by atoms with Crippen molar-refractivity contribution in [3.05, 3.63) is 54.1 Å². The number of nitrogens with zero attached hydrogens (tertiary/aromatic N) is 3. The van der Waals surface area contributed by atoms with Gasteiger partial charge in [-0.05, 0) is 17.7 Å². The average Bonchev–Trinajstić information content (AvgIpc) is 2.48. The number of fused-ring (bicyclic) bond motifs is 1. The summed E-state index contributed by atoms with van der Waals surface area (Å²) in [7, 11) is -4.53. The molecule has 0 bridgehead atoms. The van der Waals surface area contributed by atoms with Gasteiger partial charge in [0, 0.05) is 30.7 Å². The smallest absolute Gasteiger partial charge is 0.404 e. The van der Waals surface area contributed by atoms with Gasteiger partial charge in [0.2, 0.25) is 0 Å². The van der Waals surface area contributed by atoms with Crippen molar-refractivity contribution >= 4 is 19.9 Å². The van der Waals surface area contributed by atoms with Crippen molar-refractivity contribution in [1.82, 2.24) is 10.3 Å². The Hall–Kier alpha value is -2.41. The zero-order valence-electron chi connectivity index (χ0n) is 11.3. The van der Waals surface area contributed by atoms with Crippen LogP contribution in [-0.4, -0.2) is 26.7 Å². The van der Waals surface area contributed by atoms with Gasteiger partial charge in [-0.2, -0.15) is 5.10 Å². The number of phosphoric acid groups is 1. The Morgan fingerprint density at radius 2 is 2.05 bits per heavy atom. The topological polar surface area (TPSA) is 107 Å². The van der Waals surface area contributed by atoms with Gasteiger partial charge in [-0.25, -0.2) is 4.57 Å². The van der Waals surface area contributed by atoms with Gasteiger partial charge in [-0.1, -0.05) is 12.1 Å². The molecule has 3 N–H and O–H groups in total. The molecule has 2 aliphatic heterocycles. The van der Waals surface area contributed by atoms with E-state index in [1.54, 1.807) is 30.7 Å². The number of hydrogen-bond acceptors (Lipinski definition) is 6. The molecule has 0 fully saturated rings. The Morgan fingerprint density at radius 1 is 1.27 bits per heavy atom. The van der Waals surface area contributed by atoms with Crippen molar-refractivity contribution in [1.29, 1.82) is 0 Å². The van der Waals surface area contributed by atoms with E-state index in [1.165, 1.54) is 12.1 Å². The fraction of sp³-hybridized carbons (Fsp3) is 0.0769.